The Morgan fingerprint density at radius 2 is 2.05 bits per heavy atom. The summed E-state index contributed by atoms with van der Waals surface area (Å²) in [5.41, 5.74) is 0.856. The van der Waals surface area contributed by atoms with Crippen LogP contribution < -0.4 is 4.74 Å². The summed E-state index contributed by atoms with van der Waals surface area (Å²) in [6.45, 7) is 4.14. The van der Waals surface area contributed by atoms with Gasteiger partial charge in [0, 0.05) is 12.1 Å². The maximum Gasteiger partial charge on any atom is 0.257 e. The first kappa shape index (κ1) is 14.5. The molecule has 1 heterocycles. The van der Waals surface area contributed by atoms with E-state index in [1.165, 1.54) is 0 Å². The number of methoxy groups -OCH3 is 1. The number of aromatic nitrogens is 2. The van der Waals surface area contributed by atoms with E-state index in [0.29, 0.717) is 24.8 Å². The number of aliphatic hydroxyl groups excluding tert-OH is 1. The molecule has 0 aliphatic heterocycles. The van der Waals surface area contributed by atoms with E-state index in [-0.39, 0.29) is 6.61 Å². The molecule has 20 heavy (non-hydrogen) atoms. The van der Waals surface area contributed by atoms with Crippen molar-refractivity contribution in [2.75, 3.05) is 26.8 Å². The topological polar surface area (TPSA) is 71.6 Å². The molecule has 1 N–H and O–H groups in total. The monoisotopic (exact) mass is 277 g/mol. The van der Waals surface area contributed by atoms with Crippen molar-refractivity contribution in [2.24, 2.45) is 0 Å². The van der Waals surface area contributed by atoms with Gasteiger partial charge in [-0.25, -0.2) is 0 Å². The van der Waals surface area contributed by atoms with Gasteiger partial charge < -0.3 is 14.4 Å². The van der Waals surface area contributed by atoms with Gasteiger partial charge in [0.05, 0.1) is 20.3 Å². The zero-order chi connectivity index (χ0) is 14.4. The van der Waals surface area contributed by atoms with Crippen LogP contribution in [0.2, 0.25) is 0 Å². The highest BCUT2D eigenvalue weighted by atomic mass is 16.5. The predicted octanol–water partition coefficient (Wildman–Crippen LogP) is 1.56. The molecule has 6 heteroatoms. The van der Waals surface area contributed by atoms with Crippen LogP contribution in [0.15, 0.2) is 28.8 Å². The highest BCUT2D eigenvalue weighted by Gasteiger charge is 2.11. The van der Waals surface area contributed by atoms with Crippen molar-refractivity contribution in [3.05, 3.63) is 30.1 Å². The van der Waals surface area contributed by atoms with Gasteiger partial charge in [0.2, 0.25) is 0 Å². The minimum Gasteiger partial charge on any atom is -0.497 e. The lowest BCUT2D eigenvalue weighted by Crippen LogP contribution is -2.26. The largest absolute Gasteiger partial charge is 0.497 e. The lowest BCUT2D eigenvalue weighted by Gasteiger charge is -2.16. The Labute approximate surface area is 118 Å². The normalized spacial score (nSPS) is 11.0. The number of benzene rings is 1. The number of hydrogen-bond acceptors (Lipinski definition) is 6. The Morgan fingerprint density at radius 1 is 1.30 bits per heavy atom. The quantitative estimate of drug-likeness (QED) is 0.828. The van der Waals surface area contributed by atoms with E-state index in [1.807, 2.05) is 36.1 Å². The molecule has 1 aromatic carbocycles. The van der Waals surface area contributed by atoms with E-state index >= 15 is 0 Å². The van der Waals surface area contributed by atoms with Crippen molar-refractivity contribution < 1.29 is 14.4 Å². The van der Waals surface area contributed by atoms with Crippen LogP contribution in [0, 0.1) is 0 Å². The second-order valence-electron chi connectivity index (χ2n) is 4.34. The van der Waals surface area contributed by atoms with Crippen molar-refractivity contribution in [3.63, 3.8) is 0 Å². The third-order valence-corrected chi connectivity index (χ3v) is 3.03. The molecule has 0 radical (unpaired) electrons. The predicted molar refractivity (Wildman–Crippen MR) is 74.3 cm³/mol. The zero-order valence-corrected chi connectivity index (χ0v) is 11.7. The first-order chi connectivity index (χ1) is 9.76. The van der Waals surface area contributed by atoms with E-state index in [9.17, 15) is 0 Å². The molecule has 0 spiro atoms. The Bertz CT molecular complexity index is 525. The molecule has 2 aromatic rings. The summed E-state index contributed by atoms with van der Waals surface area (Å²) in [7, 11) is 1.63. The van der Waals surface area contributed by atoms with Gasteiger partial charge in [-0.1, -0.05) is 12.1 Å². The van der Waals surface area contributed by atoms with E-state index < -0.39 is 0 Å². The van der Waals surface area contributed by atoms with E-state index in [2.05, 4.69) is 10.1 Å². The average molecular weight is 277 g/mol. The van der Waals surface area contributed by atoms with Crippen LogP contribution in [-0.2, 0) is 6.54 Å². The zero-order valence-electron chi connectivity index (χ0n) is 11.7. The summed E-state index contributed by atoms with van der Waals surface area (Å²) >= 11 is 0. The van der Waals surface area contributed by atoms with Gasteiger partial charge in [-0.3, -0.25) is 4.90 Å². The highest BCUT2D eigenvalue weighted by molar-refractivity contribution is 5.54. The minimum atomic E-state index is 0.122. The molecule has 6 nitrogen and oxygen atoms in total. The van der Waals surface area contributed by atoms with E-state index in [0.717, 1.165) is 17.9 Å². The van der Waals surface area contributed by atoms with E-state index in [1.54, 1.807) is 7.11 Å². The van der Waals surface area contributed by atoms with Crippen LogP contribution in [0.1, 0.15) is 12.7 Å². The first-order valence-electron chi connectivity index (χ1n) is 6.57. The summed E-state index contributed by atoms with van der Waals surface area (Å²) in [6, 6.07) is 7.45. The molecule has 0 bridgehead atoms. The van der Waals surface area contributed by atoms with Crippen molar-refractivity contribution >= 4 is 0 Å². The number of hydrogen-bond donors (Lipinski definition) is 1. The maximum atomic E-state index is 8.96. The summed E-state index contributed by atoms with van der Waals surface area (Å²) in [4.78, 5) is 6.41. The molecule has 2 rings (SSSR count). The number of likely N-dealkylation sites (N-methyl/N-ethyl adjacent to an activating group) is 1. The maximum absolute atomic E-state index is 8.96. The van der Waals surface area contributed by atoms with Crippen LogP contribution in [0.5, 0.6) is 5.75 Å². The molecule has 0 aliphatic carbocycles. The van der Waals surface area contributed by atoms with Gasteiger partial charge in [0.1, 0.15) is 5.75 Å². The van der Waals surface area contributed by atoms with Crippen LogP contribution in [0.3, 0.4) is 0 Å². The van der Waals surface area contributed by atoms with Gasteiger partial charge in [-0.15, -0.1) is 0 Å². The Kier molecular flexibility index (Phi) is 5.09. The first-order valence-corrected chi connectivity index (χ1v) is 6.57. The molecular formula is C14H19N3O3. The molecule has 108 valence electrons. The molecular weight excluding hydrogens is 258 g/mol. The van der Waals surface area contributed by atoms with Crippen molar-refractivity contribution in [1.29, 1.82) is 0 Å². The molecule has 0 saturated heterocycles. The van der Waals surface area contributed by atoms with Gasteiger partial charge in [0.15, 0.2) is 5.82 Å². The van der Waals surface area contributed by atoms with Gasteiger partial charge >= 0.3 is 0 Å². The van der Waals surface area contributed by atoms with Crippen molar-refractivity contribution in [3.8, 4) is 17.2 Å². The number of aliphatic hydroxyl groups is 1. The number of nitrogens with zero attached hydrogens (tertiary/aromatic N) is 3. The fraction of sp³-hybridized carbons (Fsp3) is 0.429. The summed E-state index contributed by atoms with van der Waals surface area (Å²) < 4.78 is 10.4. The summed E-state index contributed by atoms with van der Waals surface area (Å²) in [5, 5.41) is 12.9. The molecule has 0 unspecified atom stereocenters. The second kappa shape index (κ2) is 7.02. The lowest BCUT2D eigenvalue weighted by molar-refractivity contribution is 0.192. The van der Waals surface area contributed by atoms with Crippen LogP contribution >= 0.6 is 0 Å². The lowest BCUT2D eigenvalue weighted by atomic mass is 10.2. The van der Waals surface area contributed by atoms with Crippen molar-refractivity contribution in [2.45, 2.75) is 13.5 Å². The number of rotatable bonds is 7. The number of ether oxygens (including phenoxy) is 1. The summed E-state index contributed by atoms with van der Waals surface area (Å²) in [5.74, 6) is 1.89. The molecule has 0 aliphatic rings. The van der Waals surface area contributed by atoms with Crippen LogP contribution in [0.4, 0.5) is 0 Å². The van der Waals surface area contributed by atoms with Crippen LogP contribution in [-0.4, -0.2) is 47.0 Å². The third kappa shape index (κ3) is 3.55. The molecule has 0 atom stereocenters. The van der Waals surface area contributed by atoms with E-state index in [4.69, 9.17) is 14.4 Å². The molecule has 0 fully saturated rings. The average Bonchev–Trinajstić information content (AvgIpc) is 2.95. The molecule has 1 aromatic heterocycles. The third-order valence-electron chi connectivity index (χ3n) is 3.03. The highest BCUT2D eigenvalue weighted by Crippen LogP contribution is 2.20. The fourth-order valence-electron chi connectivity index (χ4n) is 1.86. The van der Waals surface area contributed by atoms with Gasteiger partial charge in [-0.05, 0) is 30.8 Å². The summed E-state index contributed by atoms with van der Waals surface area (Å²) in [6.07, 6.45) is 0. The molecule has 0 saturated carbocycles. The van der Waals surface area contributed by atoms with Crippen molar-refractivity contribution in [1.82, 2.24) is 15.0 Å². The second-order valence-corrected chi connectivity index (χ2v) is 4.34. The van der Waals surface area contributed by atoms with Gasteiger partial charge in [0.25, 0.3) is 5.89 Å². The Morgan fingerprint density at radius 3 is 2.65 bits per heavy atom. The standard InChI is InChI=1S/C14H19N3O3/c1-3-17(8-9-18)10-13-15-14(20-16-13)11-4-6-12(19-2)7-5-11/h4-7,18H,3,8-10H2,1-2H3. The minimum absolute atomic E-state index is 0.122. The van der Waals surface area contributed by atoms with Gasteiger partial charge in [-0.2, -0.15) is 4.98 Å². The van der Waals surface area contributed by atoms with Crippen LogP contribution in [0.25, 0.3) is 11.5 Å². The Balaban J connectivity index is 2.07. The fourth-order valence-corrected chi connectivity index (χ4v) is 1.86. The smallest absolute Gasteiger partial charge is 0.257 e. The Hall–Kier alpha value is -1.92. The SMILES string of the molecule is CCN(CCO)Cc1noc(-c2ccc(OC)cc2)n1. The molecule has 0 amide bonds.